The standard InChI is InChI=1S/C27H27BrFN5O4S/c1-3-38-27(36)21-23(15-7-8-19-16(13-15)14-34(33-19)11-9-20(35)37-2)31-25(26-30-10-12-39-26)32-24(21)17-5-4-6-18(29)22(17)28/h4-6,10,12,14-15,24H,3,7-9,11,13H2,1-2H3,(H,31,32). The Bertz CT molecular complexity index is 1450. The third-order valence-corrected chi connectivity index (χ3v) is 8.40. The second kappa shape index (κ2) is 11.8. The molecule has 0 amide bonds. The molecule has 2 aromatic heterocycles. The summed E-state index contributed by atoms with van der Waals surface area (Å²) in [6.45, 7) is 2.37. The van der Waals surface area contributed by atoms with Crippen LogP contribution in [0.25, 0.3) is 0 Å². The van der Waals surface area contributed by atoms with Gasteiger partial charge < -0.3 is 14.8 Å². The molecule has 2 aliphatic rings. The van der Waals surface area contributed by atoms with Crippen molar-refractivity contribution >= 4 is 45.0 Å². The molecule has 0 spiro atoms. The molecule has 0 saturated carbocycles. The van der Waals surface area contributed by atoms with E-state index in [1.807, 2.05) is 11.6 Å². The van der Waals surface area contributed by atoms with Crippen LogP contribution in [0.3, 0.4) is 0 Å². The number of nitrogens with one attached hydrogen (secondary N) is 1. The predicted molar refractivity (Wildman–Crippen MR) is 147 cm³/mol. The van der Waals surface area contributed by atoms with E-state index < -0.39 is 17.8 Å². The quantitative estimate of drug-likeness (QED) is 0.371. The zero-order valence-electron chi connectivity index (χ0n) is 21.4. The number of esters is 2. The number of hydrogen-bond acceptors (Lipinski definition) is 9. The highest BCUT2D eigenvalue weighted by Crippen LogP contribution is 2.41. The van der Waals surface area contributed by atoms with Gasteiger partial charge in [-0.25, -0.2) is 14.2 Å². The summed E-state index contributed by atoms with van der Waals surface area (Å²) in [6, 6.07) is 3.92. The van der Waals surface area contributed by atoms with Crippen molar-refractivity contribution < 1.29 is 23.5 Å². The molecule has 3 heterocycles. The van der Waals surface area contributed by atoms with Crippen molar-refractivity contribution in [1.29, 1.82) is 0 Å². The summed E-state index contributed by atoms with van der Waals surface area (Å²) in [5.41, 5.74) is 3.61. The first-order valence-electron chi connectivity index (χ1n) is 12.6. The van der Waals surface area contributed by atoms with Gasteiger partial charge in [0.1, 0.15) is 11.9 Å². The second-order valence-electron chi connectivity index (χ2n) is 9.16. The van der Waals surface area contributed by atoms with Gasteiger partial charge in [0.05, 0.1) is 42.4 Å². The SMILES string of the molecule is CCOC(=O)C1=C(C2CCc3nn(CCC(=O)OC)cc3C2)NC(c2nccs2)=NC1c1cccc(F)c1Br. The van der Waals surface area contributed by atoms with Gasteiger partial charge in [0.15, 0.2) is 10.8 Å². The topological polar surface area (TPSA) is 108 Å². The molecule has 0 bridgehead atoms. The van der Waals surface area contributed by atoms with Crippen LogP contribution in [-0.4, -0.2) is 46.3 Å². The van der Waals surface area contributed by atoms with Crippen LogP contribution in [0.15, 0.2) is 56.7 Å². The Labute approximate surface area is 237 Å². The number of carbonyl (C=O) groups is 2. The Hall–Kier alpha value is -3.38. The van der Waals surface area contributed by atoms with Crippen LogP contribution in [0.4, 0.5) is 4.39 Å². The molecule has 5 rings (SSSR count). The number of halogens is 2. The Morgan fingerprint density at radius 3 is 2.92 bits per heavy atom. The average Bonchev–Trinajstić information content (AvgIpc) is 3.62. The first-order valence-corrected chi connectivity index (χ1v) is 14.3. The highest BCUT2D eigenvalue weighted by atomic mass is 79.9. The van der Waals surface area contributed by atoms with Gasteiger partial charge in [0, 0.05) is 29.4 Å². The van der Waals surface area contributed by atoms with E-state index in [4.69, 9.17) is 14.5 Å². The first-order chi connectivity index (χ1) is 18.9. The number of aryl methyl sites for hydroxylation is 2. The maximum atomic E-state index is 14.6. The van der Waals surface area contributed by atoms with E-state index in [-0.39, 0.29) is 29.4 Å². The molecule has 9 nitrogen and oxygen atoms in total. The molecule has 0 fully saturated rings. The van der Waals surface area contributed by atoms with E-state index in [0.717, 1.165) is 17.7 Å². The van der Waals surface area contributed by atoms with Gasteiger partial charge in [0.2, 0.25) is 0 Å². The number of aromatic nitrogens is 3. The number of thiazole rings is 1. The smallest absolute Gasteiger partial charge is 0.338 e. The van der Waals surface area contributed by atoms with Crippen LogP contribution in [0, 0.1) is 11.7 Å². The number of methoxy groups -OCH3 is 1. The summed E-state index contributed by atoms with van der Waals surface area (Å²) in [5, 5.41) is 10.6. The highest BCUT2D eigenvalue weighted by molar-refractivity contribution is 9.10. The molecular formula is C27H27BrFN5O4S. The summed E-state index contributed by atoms with van der Waals surface area (Å²) < 4.78 is 26.9. The average molecular weight is 617 g/mol. The second-order valence-corrected chi connectivity index (χ2v) is 10.9. The molecule has 1 aliphatic carbocycles. The van der Waals surface area contributed by atoms with Crippen molar-refractivity contribution in [3.8, 4) is 0 Å². The van der Waals surface area contributed by atoms with E-state index in [1.165, 1.54) is 24.5 Å². The van der Waals surface area contributed by atoms with Crippen molar-refractivity contribution in [3.63, 3.8) is 0 Å². The number of aliphatic imine (C=N–C) groups is 1. The number of carbonyl (C=O) groups excluding carboxylic acids is 2. The minimum absolute atomic E-state index is 0.0736. The van der Waals surface area contributed by atoms with Gasteiger partial charge in [-0.3, -0.25) is 14.5 Å². The number of fused-ring (bicyclic) bond motifs is 1. The maximum absolute atomic E-state index is 14.6. The van der Waals surface area contributed by atoms with Crippen LogP contribution >= 0.6 is 27.3 Å². The zero-order chi connectivity index (χ0) is 27.5. The molecule has 39 heavy (non-hydrogen) atoms. The lowest BCUT2D eigenvalue weighted by Crippen LogP contribution is -2.38. The summed E-state index contributed by atoms with van der Waals surface area (Å²) in [5.74, 6) is -0.782. The third kappa shape index (κ3) is 5.67. The number of nitrogens with zero attached hydrogens (tertiary/aromatic N) is 4. The molecule has 0 saturated heterocycles. The van der Waals surface area contributed by atoms with E-state index in [2.05, 4.69) is 31.3 Å². The number of rotatable bonds is 8. The Morgan fingerprint density at radius 2 is 2.18 bits per heavy atom. The van der Waals surface area contributed by atoms with Crippen molar-refractivity contribution in [2.75, 3.05) is 13.7 Å². The molecule has 2 unspecified atom stereocenters. The molecule has 2 atom stereocenters. The maximum Gasteiger partial charge on any atom is 0.338 e. The van der Waals surface area contributed by atoms with E-state index >= 15 is 0 Å². The molecule has 0 radical (unpaired) electrons. The van der Waals surface area contributed by atoms with Gasteiger partial charge in [-0.1, -0.05) is 12.1 Å². The number of amidine groups is 1. The Balaban J connectivity index is 1.56. The summed E-state index contributed by atoms with van der Waals surface area (Å²) in [7, 11) is 1.37. The fourth-order valence-electron chi connectivity index (χ4n) is 4.96. The molecule has 3 aromatic rings. The molecule has 1 aromatic carbocycles. The lowest BCUT2D eigenvalue weighted by molar-refractivity contribution is -0.141. The van der Waals surface area contributed by atoms with Gasteiger partial charge in [-0.05, 0) is 59.3 Å². The summed E-state index contributed by atoms with van der Waals surface area (Å²) in [4.78, 5) is 34.4. The van der Waals surface area contributed by atoms with Crippen molar-refractivity contribution in [2.24, 2.45) is 10.9 Å². The normalized spacial score (nSPS) is 18.7. The van der Waals surface area contributed by atoms with E-state index in [9.17, 15) is 14.0 Å². The minimum Gasteiger partial charge on any atom is -0.469 e. The fourth-order valence-corrected chi connectivity index (χ4v) is 6.03. The van der Waals surface area contributed by atoms with Crippen LogP contribution in [0.2, 0.25) is 0 Å². The Kier molecular flexibility index (Phi) is 8.22. The summed E-state index contributed by atoms with van der Waals surface area (Å²) >= 11 is 4.80. The van der Waals surface area contributed by atoms with Crippen molar-refractivity contribution in [2.45, 2.75) is 45.2 Å². The van der Waals surface area contributed by atoms with E-state index in [1.54, 1.807) is 29.9 Å². The number of allylic oxidation sites excluding steroid dienone is 1. The number of benzene rings is 1. The van der Waals surface area contributed by atoms with Crippen LogP contribution in [0.1, 0.15) is 47.6 Å². The van der Waals surface area contributed by atoms with Gasteiger partial charge in [0.25, 0.3) is 0 Å². The lowest BCUT2D eigenvalue weighted by atomic mass is 9.81. The number of hydrogen-bond donors (Lipinski definition) is 1. The van der Waals surface area contributed by atoms with Gasteiger partial charge >= 0.3 is 11.9 Å². The molecular weight excluding hydrogens is 589 g/mol. The van der Waals surface area contributed by atoms with Crippen LogP contribution in [0.5, 0.6) is 0 Å². The molecule has 1 aliphatic heterocycles. The summed E-state index contributed by atoms with van der Waals surface area (Å²) in [6.07, 6.45) is 5.93. The monoisotopic (exact) mass is 615 g/mol. The van der Waals surface area contributed by atoms with Crippen molar-refractivity contribution in [3.05, 3.63) is 79.4 Å². The number of ether oxygens (including phenoxy) is 2. The van der Waals surface area contributed by atoms with Crippen LogP contribution in [-0.2, 0) is 38.4 Å². The Morgan fingerprint density at radius 1 is 1.33 bits per heavy atom. The molecule has 204 valence electrons. The highest BCUT2D eigenvalue weighted by Gasteiger charge is 2.38. The minimum atomic E-state index is -0.798. The predicted octanol–water partition coefficient (Wildman–Crippen LogP) is 4.52. The zero-order valence-corrected chi connectivity index (χ0v) is 23.8. The molecule has 12 heteroatoms. The lowest BCUT2D eigenvalue weighted by Gasteiger charge is -2.33. The fraction of sp³-hybridized carbons (Fsp3) is 0.370. The molecule has 1 N–H and O–H groups in total. The van der Waals surface area contributed by atoms with Gasteiger partial charge in [-0.15, -0.1) is 11.3 Å². The third-order valence-electron chi connectivity index (χ3n) is 6.78. The van der Waals surface area contributed by atoms with Gasteiger partial charge in [-0.2, -0.15) is 5.10 Å². The largest absolute Gasteiger partial charge is 0.469 e. The van der Waals surface area contributed by atoms with Crippen molar-refractivity contribution in [1.82, 2.24) is 20.1 Å². The first kappa shape index (κ1) is 27.2. The van der Waals surface area contributed by atoms with Crippen LogP contribution < -0.4 is 5.32 Å². The van der Waals surface area contributed by atoms with E-state index in [0.29, 0.717) is 47.1 Å².